The molecule has 1 aliphatic rings. The number of rotatable bonds is 1. The molecule has 16 heavy (non-hydrogen) atoms. The molecule has 0 unspecified atom stereocenters. The quantitative estimate of drug-likeness (QED) is 0.578. The number of guanidine groups is 1. The summed E-state index contributed by atoms with van der Waals surface area (Å²) in [6, 6.07) is 6.54. The van der Waals surface area contributed by atoms with E-state index < -0.39 is 0 Å². The van der Waals surface area contributed by atoms with Crippen LogP contribution in [0.2, 0.25) is 0 Å². The van der Waals surface area contributed by atoms with Crippen molar-refractivity contribution in [2.24, 2.45) is 10.7 Å². The van der Waals surface area contributed by atoms with Gasteiger partial charge in [-0.1, -0.05) is 17.7 Å². The maximum Gasteiger partial charge on any atom is 0.195 e. The molecule has 0 aromatic heterocycles. The van der Waals surface area contributed by atoms with E-state index in [1.807, 2.05) is 6.92 Å². The topological polar surface area (TPSA) is 41.6 Å². The van der Waals surface area contributed by atoms with E-state index in [9.17, 15) is 0 Å². The summed E-state index contributed by atoms with van der Waals surface area (Å²) in [4.78, 5) is 6.42. The summed E-state index contributed by atoms with van der Waals surface area (Å²) in [5.74, 6) is 0.646. The van der Waals surface area contributed by atoms with Gasteiger partial charge in [-0.2, -0.15) is 0 Å². The van der Waals surface area contributed by atoms with Gasteiger partial charge in [0.1, 0.15) is 0 Å². The molecule has 0 bridgehead atoms. The summed E-state index contributed by atoms with van der Waals surface area (Å²) in [7, 11) is 0. The summed E-state index contributed by atoms with van der Waals surface area (Å²) < 4.78 is 0. The number of fused-ring (bicyclic) bond motifs is 1. The number of anilines is 1. The monoisotopic (exact) mass is 217 g/mol. The van der Waals surface area contributed by atoms with Crippen molar-refractivity contribution in [2.75, 3.05) is 18.0 Å². The average molecular weight is 217 g/mol. The minimum atomic E-state index is 0.646. The second-order valence-corrected chi connectivity index (χ2v) is 4.22. The fourth-order valence-corrected chi connectivity index (χ4v) is 2.21. The summed E-state index contributed by atoms with van der Waals surface area (Å²) >= 11 is 0. The molecule has 0 fully saturated rings. The molecular formula is C13H19N3. The lowest BCUT2D eigenvalue weighted by atomic mass is 10.00. The summed E-state index contributed by atoms with van der Waals surface area (Å²) in [5.41, 5.74) is 9.92. The molecule has 2 rings (SSSR count). The van der Waals surface area contributed by atoms with Crippen LogP contribution in [-0.4, -0.2) is 19.0 Å². The maximum absolute atomic E-state index is 5.99. The van der Waals surface area contributed by atoms with Gasteiger partial charge in [-0.05, 0) is 38.3 Å². The Morgan fingerprint density at radius 1 is 1.50 bits per heavy atom. The summed E-state index contributed by atoms with van der Waals surface area (Å²) in [6.45, 7) is 5.85. The molecule has 1 aromatic carbocycles. The van der Waals surface area contributed by atoms with Gasteiger partial charge in [0.25, 0.3) is 0 Å². The fourth-order valence-electron chi connectivity index (χ4n) is 2.21. The van der Waals surface area contributed by atoms with Crippen LogP contribution in [0.25, 0.3) is 0 Å². The van der Waals surface area contributed by atoms with Crippen LogP contribution in [0.15, 0.2) is 23.2 Å². The first-order valence-electron chi connectivity index (χ1n) is 5.89. The van der Waals surface area contributed by atoms with Gasteiger partial charge in [-0.15, -0.1) is 0 Å². The Kier molecular flexibility index (Phi) is 3.13. The lowest BCUT2D eigenvalue weighted by Gasteiger charge is -2.30. The zero-order chi connectivity index (χ0) is 11.5. The van der Waals surface area contributed by atoms with Crippen molar-refractivity contribution in [1.29, 1.82) is 0 Å². The number of benzene rings is 1. The van der Waals surface area contributed by atoms with Crippen molar-refractivity contribution in [2.45, 2.75) is 26.7 Å². The highest BCUT2D eigenvalue weighted by Crippen LogP contribution is 2.27. The zero-order valence-corrected chi connectivity index (χ0v) is 10.0. The van der Waals surface area contributed by atoms with E-state index in [-0.39, 0.29) is 0 Å². The van der Waals surface area contributed by atoms with E-state index >= 15 is 0 Å². The fraction of sp³-hybridized carbons (Fsp3) is 0.462. The Hall–Kier alpha value is -1.51. The number of aliphatic imine (C=N–C) groups is 1. The minimum Gasteiger partial charge on any atom is -0.370 e. The molecule has 0 amide bonds. The van der Waals surface area contributed by atoms with Crippen LogP contribution in [-0.2, 0) is 6.42 Å². The van der Waals surface area contributed by atoms with Gasteiger partial charge < -0.3 is 10.6 Å². The molecule has 0 spiro atoms. The number of hydrogen-bond donors (Lipinski definition) is 1. The second kappa shape index (κ2) is 4.56. The first-order valence-corrected chi connectivity index (χ1v) is 5.89. The molecule has 0 radical (unpaired) electrons. The van der Waals surface area contributed by atoms with Gasteiger partial charge in [0, 0.05) is 18.8 Å². The van der Waals surface area contributed by atoms with Crippen molar-refractivity contribution in [3.8, 4) is 0 Å². The number of hydrogen-bond acceptors (Lipinski definition) is 1. The Balaban J connectivity index is 2.37. The third kappa shape index (κ3) is 2.03. The molecule has 3 nitrogen and oxygen atoms in total. The predicted octanol–water partition coefficient (Wildman–Crippen LogP) is 2.08. The van der Waals surface area contributed by atoms with Crippen LogP contribution in [0, 0.1) is 6.92 Å². The lowest BCUT2D eigenvalue weighted by Crippen LogP contribution is -2.40. The largest absolute Gasteiger partial charge is 0.370 e. The van der Waals surface area contributed by atoms with Crippen molar-refractivity contribution < 1.29 is 0 Å². The average Bonchev–Trinajstić information content (AvgIpc) is 2.28. The summed E-state index contributed by atoms with van der Waals surface area (Å²) in [6.07, 6.45) is 2.29. The standard InChI is InChI=1S/C13H19N3/c1-3-15-13(14)16-8-4-5-11-9-10(2)6-7-12(11)16/h6-7,9H,3-5,8H2,1-2H3,(H2,14,15). The van der Waals surface area contributed by atoms with E-state index in [1.165, 1.54) is 16.8 Å². The third-order valence-corrected chi connectivity index (χ3v) is 2.95. The maximum atomic E-state index is 5.99. The molecule has 0 saturated heterocycles. The normalized spacial score (nSPS) is 16.1. The van der Waals surface area contributed by atoms with E-state index in [1.54, 1.807) is 0 Å². The molecule has 2 N–H and O–H groups in total. The molecule has 3 heteroatoms. The molecule has 86 valence electrons. The van der Waals surface area contributed by atoms with Crippen molar-refractivity contribution in [1.82, 2.24) is 0 Å². The molecule has 1 aromatic rings. The van der Waals surface area contributed by atoms with Crippen LogP contribution in [0.3, 0.4) is 0 Å². The van der Waals surface area contributed by atoms with Gasteiger partial charge in [0.05, 0.1) is 0 Å². The van der Waals surface area contributed by atoms with Gasteiger partial charge in [-0.25, -0.2) is 0 Å². The van der Waals surface area contributed by atoms with Gasteiger partial charge in [-0.3, -0.25) is 4.99 Å². The van der Waals surface area contributed by atoms with Crippen LogP contribution < -0.4 is 10.6 Å². The molecule has 0 atom stereocenters. The molecule has 1 aliphatic heterocycles. The molecule has 1 heterocycles. The van der Waals surface area contributed by atoms with Crippen molar-refractivity contribution >= 4 is 11.6 Å². The second-order valence-electron chi connectivity index (χ2n) is 4.22. The molecule has 0 saturated carbocycles. The highest BCUT2D eigenvalue weighted by Gasteiger charge is 2.18. The summed E-state index contributed by atoms with van der Waals surface area (Å²) in [5, 5.41) is 0. The highest BCUT2D eigenvalue weighted by atomic mass is 15.3. The Labute approximate surface area is 97.0 Å². The zero-order valence-electron chi connectivity index (χ0n) is 10.0. The minimum absolute atomic E-state index is 0.646. The van der Waals surface area contributed by atoms with E-state index in [0.717, 1.165) is 25.9 Å². The van der Waals surface area contributed by atoms with Crippen LogP contribution in [0.4, 0.5) is 5.69 Å². The van der Waals surface area contributed by atoms with Crippen LogP contribution in [0.5, 0.6) is 0 Å². The lowest BCUT2D eigenvalue weighted by molar-refractivity contribution is 0.772. The van der Waals surface area contributed by atoms with E-state index in [0.29, 0.717) is 5.96 Å². The van der Waals surface area contributed by atoms with Crippen molar-refractivity contribution in [3.63, 3.8) is 0 Å². The molecular weight excluding hydrogens is 198 g/mol. The van der Waals surface area contributed by atoms with Gasteiger partial charge >= 0.3 is 0 Å². The highest BCUT2D eigenvalue weighted by molar-refractivity contribution is 5.96. The van der Waals surface area contributed by atoms with Gasteiger partial charge in [0.2, 0.25) is 0 Å². The Morgan fingerprint density at radius 2 is 2.31 bits per heavy atom. The predicted molar refractivity (Wildman–Crippen MR) is 69.0 cm³/mol. The SMILES string of the molecule is CCN=C(N)N1CCCc2cc(C)ccc21. The van der Waals surface area contributed by atoms with E-state index in [2.05, 4.69) is 35.0 Å². The molecule has 0 aliphatic carbocycles. The van der Waals surface area contributed by atoms with Gasteiger partial charge in [0.15, 0.2) is 5.96 Å². The smallest absolute Gasteiger partial charge is 0.195 e. The van der Waals surface area contributed by atoms with Crippen LogP contribution in [0.1, 0.15) is 24.5 Å². The van der Waals surface area contributed by atoms with E-state index in [4.69, 9.17) is 5.73 Å². The third-order valence-electron chi connectivity index (χ3n) is 2.95. The first-order chi connectivity index (χ1) is 7.72. The number of nitrogens with zero attached hydrogens (tertiary/aromatic N) is 2. The van der Waals surface area contributed by atoms with Crippen molar-refractivity contribution in [3.05, 3.63) is 29.3 Å². The van der Waals surface area contributed by atoms with Crippen LogP contribution >= 0.6 is 0 Å². The Bertz CT molecular complexity index is 410. The Morgan fingerprint density at radius 3 is 3.06 bits per heavy atom. The number of aryl methyl sites for hydroxylation is 2. The first kappa shape index (κ1) is 11.0. The number of nitrogens with two attached hydrogens (primary N) is 1.